The van der Waals surface area contributed by atoms with Crippen molar-refractivity contribution in [3.63, 3.8) is 0 Å². The van der Waals surface area contributed by atoms with Gasteiger partial charge in [-0.05, 0) is 62.6 Å². The minimum absolute atomic E-state index is 0.0102. The number of ether oxygens (including phenoxy) is 1. The number of amides is 3. The summed E-state index contributed by atoms with van der Waals surface area (Å²) in [5, 5.41) is 8.88. The number of hydrogen-bond acceptors (Lipinski definition) is 12. The van der Waals surface area contributed by atoms with Crippen LogP contribution in [-0.2, 0) is 21.4 Å². The number of para-hydroxylation sites is 1. The third kappa shape index (κ3) is 8.69. The highest BCUT2D eigenvalue weighted by Gasteiger charge is 2.40. The van der Waals surface area contributed by atoms with E-state index in [2.05, 4.69) is 52.2 Å². The molecular weight excluding hydrogens is 822 g/mol. The van der Waals surface area contributed by atoms with Crippen LogP contribution < -0.4 is 27.0 Å². The zero-order chi connectivity index (χ0) is 44.0. The fourth-order valence-electron chi connectivity index (χ4n) is 9.54. The van der Waals surface area contributed by atoms with E-state index in [9.17, 15) is 32.3 Å². The quantitative estimate of drug-likeness (QED) is 0.127. The second kappa shape index (κ2) is 17.3. The Morgan fingerprint density at radius 2 is 1.86 bits per heavy atom. The van der Waals surface area contributed by atoms with Gasteiger partial charge in [0.2, 0.25) is 11.8 Å². The number of aliphatic imine (C=N–C) groups is 1. The van der Waals surface area contributed by atoms with Crippen molar-refractivity contribution in [1.82, 2.24) is 44.2 Å². The molecule has 0 radical (unpaired) electrons. The van der Waals surface area contributed by atoms with Gasteiger partial charge in [-0.25, -0.2) is 14.3 Å². The molecule has 3 amide bonds. The molecule has 2 bridgehead atoms. The van der Waals surface area contributed by atoms with Crippen molar-refractivity contribution in [2.75, 3.05) is 57.3 Å². The lowest BCUT2D eigenvalue weighted by Crippen LogP contribution is -2.48. The molecular formula is C43H49F3N12O5. The number of anilines is 1. The number of morpholine rings is 1. The van der Waals surface area contributed by atoms with E-state index in [1.165, 1.54) is 19.8 Å². The van der Waals surface area contributed by atoms with Gasteiger partial charge >= 0.3 is 11.9 Å². The summed E-state index contributed by atoms with van der Waals surface area (Å²) in [6, 6.07) is 6.46. The number of aromatic nitrogens is 5. The number of nitrogens with two attached hydrogens (primary N) is 1. The summed E-state index contributed by atoms with van der Waals surface area (Å²) < 4.78 is 51.8. The smallest absolute Gasteiger partial charge is 0.393 e. The van der Waals surface area contributed by atoms with Gasteiger partial charge < -0.3 is 25.6 Å². The summed E-state index contributed by atoms with van der Waals surface area (Å²) in [4.78, 5) is 67.0. The number of carbonyl (C=O) groups is 3. The standard InChI is InChI=1S/C43H49F3N12O5/c1-53-37-27(4-2-6-33(37)58(42(53)62)34-11-12-36(59)52-41(34)61)5-3-14-54-16-18-55(19-17-54)23-26-7-9-28(10-8-26)48-22-32(38(47)43(44,45)46)50-40(60)31-21-49-57-15-13-35(51-39(31)57)56-24-30-20-29(56)25-63-30/h2,4,6,13,15,21-22,26,28-30,34H,7-12,14,16-20,23-25,47H2,1H3,(H,50,60)(H,52,59,61)/b38-32+,48-22?/t26?,28?,29-,30-,34?/m1/s1. The van der Waals surface area contributed by atoms with Crippen LogP contribution in [0.5, 0.6) is 0 Å². The maximum atomic E-state index is 13.9. The van der Waals surface area contributed by atoms with Crippen LogP contribution in [0.1, 0.15) is 66.9 Å². The number of benzene rings is 1. The molecule has 63 heavy (non-hydrogen) atoms. The molecule has 17 nitrogen and oxygen atoms in total. The molecule has 1 aromatic carbocycles. The van der Waals surface area contributed by atoms with Gasteiger partial charge in [0.1, 0.15) is 23.1 Å². The average Bonchev–Trinajstić information content (AvgIpc) is 4.07. The Labute approximate surface area is 360 Å². The number of nitrogens with one attached hydrogen (secondary N) is 2. The van der Waals surface area contributed by atoms with E-state index in [-0.39, 0.29) is 53.8 Å². The van der Waals surface area contributed by atoms with Crippen molar-refractivity contribution < 1.29 is 32.3 Å². The number of rotatable bonds is 9. The Hall–Kier alpha value is -6.04. The molecule has 3 atom stereocenters. The Balaban J connectivity index is 0.765. The second-order valence-corrected chi connectivity index (χ2v) is 17.1. The molecule has 3 aromatic heterocycles. The van der Waals surface area contributed by atoms with Crippen molar-refractivity contribution in [2.45, 2.75) is 75.4 Å². The first-order valence-electron chi connectivity index (χ1n) is 21.4. The van der Waals surface area contributed by atoms with E-state index < -0.39 is 35.4 Å². The van der Waals surface area contributed by atoms with Crippen molar-refractivity contribution in [1.29, 1.82) is 0 Å². The molecule has 5 fully saturated rings. The molecule has 20 heteroatoms. The maximum Gasteiger partial charge on any atom is 0.432 e. The van der Waals surface area contributed by atoms with Crippen LogP contribution in [0.2, 0.25) is 0 Å². The molecule has 9 rings (SSSR count). The summed E-state index contributed by atoms with van der Waals surface area (Å²) in [6.45, 7) is 6.16. The number of allylic oxidation sites excluding steroid dienone is 2. The van der Waals surface area contributed by atoms with Gasteiger partial charge in [-0.1, -0.05) is 17.9 Å². The number of imide groups is 1. The lowest BCUT2D eigenvalue weighted by molar-refractivity contribution is -0.135. The van der Waals surface area contributed by atoms with Crippen LogP contribution in [0.15, 0.2) is 57.8 Å². The Morgan fingerprint density at radius 3 is 2.57 bits per heavy atom. The molecule has 7 heterocycles. The number of imidazole rings is 1. The number of piperidine rings is 1. The van der Waals surface area contributed by atoms with E-state index >= 15 is 0 Å². The number of piperazine rings is 1. The highest BCUT2D eigenvalue weighted by atomic mass is 19.4. The third-order valence-electron chi connectivity index (χ3n) is 13.0. The monoisotopic (exact) mass is 870 g/mol. The fourth-order valence-corrected chi connectivity index (χ4v) is 9.54. The SMILES string of the molecule is Cn1c(=O)n(C2CCC(=O)NC2=O)c2cccc(C#CCN3CCN(CC4CCC(N=C/C(NC(=O)c5cnn6ccc(N7C[C@H]8C[C@@H]7CO8)nc56)=C(\N)C(F)(F)F)CC4)CC3)c21. The average molecular weight is 871 g/mol. The van der Waals surface area contributed by atoms with Crippen molar-refractivity contribution in [3.05, 3.63) is 69.7 Å². The molecule has 1 saturated carbocycles. The molecule has 0 spiro atoms. The molecule has 332 valence electrons. The second-order valence-electron chi connectivity index (χ2n) is 17.1. The van der Waals surface area contributed by atoms with Crippen molar-refractivity contribution >= 4 is 46.4 Å². The van der Waals surface area contributed by atoms with E-state index in [1.54, 1.807) is 25.4 Å². The molecule has 1 aliphatic carbocycles. The van der Waals surface area contributed by atoms with E-state index in [4.69, 9.17) is 10.5 Å². The predicted molar refractivity (Wildman–Crippen MR) is 226 cm³/mol. The van der Waals surface area contributed by atoms with E-state index in [0.29, 0.717) is 60.9 Å². The number of aryl methyl sites for hydroxylation is 1. The van der Waals surface area contributed by atoms with Gasteiger partial charge in [-0.2, -0.15) is 18.3 Å². The molecule has 4 aromatic rings. The minimum atomic E-state index is -4.89. The number of alkyl halides is 3. The zero-order valence-corrected chi connectivity index (χ0v) is 34.8. The topological polar surface area (TPSA) is 190 Å². The first-order valence-corrected chi connectivity index (χ1v) is 21.4. The molecule has 4 N–H and O–H groups in total. The van der Waals surface area contributed by atoms with Crippen LogP contribution in [0.3, 0.4) is 0 Å². The summed E-state index contributed by atoms with van der Waals surface area (Å²) in [6.07, 6.45) is 3.67. The zero-order valence-electron chi connectivity index (χ0n) is 34.8. The van der Waals surface area contributed by atoms with Gasteiger partial charge in [0, 0.05) is 65.1 Å². The summed E-state index contributed by atoms with van der Waals surface area (Å²) >= 11 is 0. The normalized spacial score (nSPS) is 25.1. The Bertz CT molecular complexity index is 2620. The summed E-state index contributed by atoms with van der Waals surface area (Å²) in [5.41, 5.74) is 5.32. The number of fused-ring (bicyclic) bond motifs is 4. The van der Waals surface area contributed by atoms with Crippen LogP contribution in [0.25, 0.3) is 16.7 Å². The van der Waals surface area contributed by atoms with Gasteiger partial charge in [0.25, 0.3) is 5.91 Å². The van der Waals surface area contributed by atoms with E-state index in [0.717, 1.165) is 58.2 Å². The summed E-state index contributed by atoms with van der Waals surface area (Å²) in [7, 11) is 1.66. The molecule has 5 aliphatic rings. The van der Waals surface area contributed by atoms with Gasteiger partial charge in [-0.3, -0.25) is 38.7 Å². The fraction of sp³-hybridized carbons (Fsp3) is 0.512. The lowest BCUT2D eigenvalue weighted by atomic mass is 9.86. The number of hydrogen-bond donors (Lipinski definition) is 3. The lowest BCUT2D eigenvalue weighted by Gasteiger charge is -2.37. The molecule has 4 aliphatic heterocycles. The van der Waals surface area contributed by atoms with E-state index in [1.807, 2.05) is 12.1 Å². The number of nitrogens with zero attached hydrogens (tertiary/aromatic N) is 9. The summed E-state index contributed by atoms with van der Waals surface area (Å²) in [5.74, 6) is 5.95. The van der Waals surface area contributed by atoms with Crippen LogP contribution in [0.4, 0.5) is 19.0 Å². The van der Waals surface area contributed by atoms with Gasteiger partial charge in [-0.15, -0.1) is 0 Å². The number of halogens is 3. The Morgan fingerprint density at radius 1 is 1.08 bits per heavy atom. The predicted octanol–water partition coefficient (Wildman–Crippen LogP) is 2.10. The minimum Gasteiger partial charge on any atom is -0.393 e. The van der Waals surface area contributed by atoms with Gasteiger partial charge in [0.15, 0.2) is 5.65 Å². The first kappa shape index (κ1) is 42.3. The molecule has 1 unspecified atom stereocenters. The highest BCUT2D eigenvalue weighted by Crippen LogP contribution is 2.33. The van der Waals surface area contributed by atoms with Crippen molar-refractivity contribution in [3.8, 4) is 11.8 Å². The highest BCUT2D eigenvalue weighted by molar-refractivity contribution is 6.03. The molecule has 4 saturated heterocycles. The Kier molecular flexibility index (Phi) is 11.6. The number of carbonyl (C=O) groups excluding carboxylic acids is 3. The maximum absolute atomic E-state index is 13.9. The van der Waals surface area contributed by atoms with Crippen molar-refractivity contribution in [2.24, 2.45) is 23.7 Å². The third-order valence-corrected chi connectivity index (χ3v) is 13.0. The van der Waals surface area contributed by atoms with Crippen LogP contribution >= 0.6 is 0 Å². The largest absolute Gasteiger partial charge is 0.432 e. The van der Waals surface area contributed by atoms with Gasteiger partial charge in [0.05, 0.1) is 59.8 Å². The van der Waals surface area contributed by atoms with Crippen LogP contribution in [0, 0.1) is 17.8 Å². The first-order chi connectivity index (χ1) is 30.3. The van der Waals surface area contributed by atoms with Crippen LogP contribution in [-0.4, -0.2) is 134 Å².